The van der Waals surface area contributed by atoms with Crippen molar-refractivity contribution in [1.29, 1.82) is 0 Å². The predicted octanol–water partition coefficient (Wildman–Crippen LogP) is 4.24. The van der Waals surface area contributed by atoms with Gasteiger partial charge in [-0.25, -0.2) is 0 Å². The summed E-state index contributed by atoms with van der Waals surface area (Å²) in [4.78, 5) is 14.6. The van der Waals surface area contributed by atoms with Crippen LogP contribution in [0.15, 0.2) is 17.1 Å². The molecule has 1 rings (SSSR count). The van der Waals surface area contributed by atoms with E-state index in [2.05, 4.69) is 11.9 Å². The highest BCUT2D eigenvalue weighted by atomic mass is 35.5. The van der Waals surface area contributed by atoms with Gasteiger partial charge in [-0.1, -0.05) is 45.4 Å². The van der Waals surface area contributed by atoms with Crippen LogP contribution in [0.4, 0.5) is 0 Å². The molecule has 0 unspecified atom stereocenters. The first-order valence-corrected chi connectivity index (χ1v) is 7.71. The van der Waals surface area contributed by atoms with Crippen LogP contribution in [0.2, 0.25) is 0 Å². The van der Waals surface area contributed by atoms with Crippen LogP contribution in [0.3, 0.4) is 0 Å². The normalized spacial score (nSPS) is 10.6. The monoisotopic (exact) mass is 285 g/mol. The maximum absolute atomic E-state index is 11.6. The van der Waals surface area contributed by atoms with E-state index in [0.29, 0.717) is 18.2 Å². The quantitative estimate of drug-likeness (QED) is 0.516. The fraction of sp³-hybridized carbons (Fsp3) is 0.667. The first-order chi connectivity index (χ1) is 9.27. The van der Waals surface area contributed by atoms with Gasteiger partial charge >= 0.3 is 0 Å². The Balaban J connectivity index is 2.14. The number of alkyl halides is 1. The highest BCUT2D eigenvalue weighted by molar-refractivity contribution is 6.16. The lowest BCUT2D eigenvalue weighted by Crippen LogP contribution is -2.10. The number of H-pyrrole nitrogens is 1. The first-order valence-electron chi connectivity index (χ1n) is 7.18. The van der Waals surface area contributed by atoms with Gasteiger partial charge in [-0.2, -0.15) is 0 Å². The van der Waals surface area contributed by atoms with Crippen LogP contribution in [0.5, 0.6) is 5.75 Å². The van der Waals surface area contributed by atoms with Crippen molar-refractivity contribution in [2.24, 2.45) is 0 Å². The molecule has 3 nitrogen and oxygen atoms in total. The van der Waals surface area contributed by atoms with Crippen LogP contribution >= 0.6 is 11.6 Å². The topological polar surface area (TPSA) is 42.1 Å². The minimum absolute atomic E-state index is 0.0997. The van der Waals surface area contributed by atoms with E-state index < -0.39 is 0 Å². The summed E-state index contributed by atoms with van der Waals surface area (Å²) in [7, 11) is 0. The van der Waals surface area contributed by atoms with Crippen LogP contribution in [0, 0.1) is 0 Å². The van der Waals surface area contributed by atoms with Crippen LogP contribution in [-0.2, 0) is 5.88 Å². The van der Waals surface area contributed by atoms with Gasteiger partial charge in [0.15, 0.2) is 5.75 Å². The zero-order valence-electron chi connectivity index (χ0n) is 11.7. The summed E-state index contributed by atoms with van der Waals surface area (Å²) in [6, 6.07) is 1.49. The number of rotatable bonds is 10. The van der Waals surface area contributed by atoms with Crippen molar-refractivity contribution in [2.45, 2.75) is 57.7 Å². The molecule has 4 heteroatoms. The summed E-state index contributed by atoms with van der Waals surface area (Å²) in [6.07, 6.45) is 10.3. The molecule has 0 amide bonds. The summed E-state index contributed by atoms with van der Waals surface area (Å²) >= 11 is 5.64. The maximum atomic E-state index is 11.6. The summed E-state index contributed by atoms with van der Waals surface area (Å²) in [5.74, 6) is 0.702. The molecule has 0 saturated carbocycles. The number of unbranched alkanes of at least 4 members (excludes halogenated alkanes) is 6. The Bertz CT molecular complexity index is 403. The van der Waals surface area contributed by atoms with E-state index in [-0.39, 0.29) is 5.43 Å². The smallest absolute Gasteiger partial charge is 0.223 e. The van der Waals surface area contributed by atoms with Gasteiger partial charge < -0.3 is 9.72 Å². The highest BCUT2D eigenvalue weighted by Gasteiger charge is 2.01. The molecule has 0 fully saturated rings. The van der Waals surface area contributed by atoms with Crippen LogP contribution in [0.25, 0.3) is 0 Å². The molecule has 0 aliphatic carbocycles. The van der Waals surface area contributed by atoms with Gasteiger partial charge in [0.1, 0.15) is 0 Å². The molecule has 0 spiro atoms. The van der Waals surface area contributed by atoms with E-state index in [1.54, 1.807) is 6.20 Å². The predicted molar refractivity (Wildman–Crippen MR) is 80.1 cm³/mol. The largest absolute Gasteiger partial charge is 0.488 e. The molecule has 0 aromatic carbocycles. The number of ether oxygens (including phenoxy) is 1. The highest BCUT2D eigenvalue weighted by Crippen LogP contribution is 2.08. The number of pyridine rings is 1. The molecule has 0 atom stereocenters. The number of hydrogen-bond donors (Lipinski definition) is 1. The second kappa shape index (κ2) is 9.90. The van der Waals surface area contributed by atoms with E-state index in [0.717, 1.165) is 12.1 Å². The minimum atomic E-state index is -0.0997. The van der Waals surface area contributed by atoms with E-state index in [9.17, 15) is 4.79 Å². The average Bonchev–Trinajstić information content (AvgIpc) is 2.43. The molecule has 1 aromatic rings. The van der Waals surface area contributed by atoms with Gasteiger partial charge in [0.2, 0.25) is 5.43 Å². The Morgan fingerprint density at radius 2 is 1.84 bits per heavy atom. The van der Waals surface area contributed by atoms with Crippen molar-refractivity contribution in [2.75, 3.05) is 6.61 Å². The van der Waals surface area contributed by atoms with Crippen LogP contribution in [0.1, 0.15) is 57.6 Å². The molecule has 0 radical (unpaired) electrons. The van der Waals surface area contributed by atoms with Gasteiger partial charge in [-0.15, -0.1) is 11.6 Å². The van der Waals surface area contributed by atoms with Crippen LogP contribution < -0.4 is 10.2 Å². The molecular formula is C15H24ClNO2. The first kappa shape index (κ1) is 16.1. The van der Waals surface area contributed by atoms with Gasteiger partial charge in [0, 0.05) is 18.0 Å². The number of aromatic nitrogens is 1. The molecule has 1 N–H and O–H groups in total. The SMILES string of the molecule is CCCCCCCCCOc1c[nH]c(CCl)cc1=O. The maximum Gasteiger partial charge on any atom is 0.223 e. The van der Waals surface area contributed by atoms with Crippen molar-refractivity contribution in [3.8, 4) is 5.75 Å². The van der Waals surface area contributed by atoms with Crippen molar-refractivity contribution < 1.29 is 4.74 Å². The minimum Gasteiger partial charge on any atom is -0.488 e. The molecule has 0 aliphatic heterocycles. The van der Waals surface area contributed by atoms with E-state index in [4.69, 9.17) is 16.3 Å². The number of hydrogen-bond acceptors (Lipinski definition) is 2. The third-order valence-electron chi connectivity index (χ3n) is 3.09. The lowest BCUT2D eigenvalue weighted by atomic mass is 10.1. The molecule has 0 saturated heterocycles. The Morgan fingerprint density at radius 3 is 2.47 bits per heavy atom. The van der Waals surface area contributed by atoms with Crippen molar-refractivity contribution in [3.05, 3.63) is 28.2 Å². The number of halogens is 1. The Kier molecular flexibility index (Phi) is 8.39. The number of nitrogens with one attached hydrogen (secondary N) is 1. The van der Waals surface area contributed by atoms with E-state index in [1.807, 2.05) is 0 Å². The third-order valence-corrected chi connectivity index (χ3v) is 3.37. The molecule has 0 aliphatic rings. The number of aromatic amines is 1. The fourth-order valence-electron chi connectivity index (χ4n) is 1.93. The summed E-state index contributed by atoms with van der Waals surface area (Å²) < 4.78 is 5.48. The Labute approximate surface area is 120 Å². The summed E-state index contributed by atoms with van der Waals surface area (Å²) in [5.41, 5.74) is 0.618. The third kappa shape index (κ3) is 6.67. The van der Waals surface area contributed by atoms with Crippen LogP contribution in [-0.4, -0.2) is 11.6 Å². The lowest BCUT2D eigenvalue weighted by Gasteiger charge is -2.06. The molecule has 0 bridgehead atoms. The summed E-state index contributed by atoms with van der Waals surface area (Å²) in [6.45, 7) is 2.83. The second-order valence-electron chi connectivity index (χ2n) is 4.79. The molecule has 108 valence electrons. The van der Waals surface area contributed by atoms with E-state index >= 15 is 0 Å². The molecular weight excluding hydrogens is 262 g/mol. The van der Waals surface area contributed by atoms with Gasteiger partial charge in [0.25, 0.3) is 0 Å². The van der Waals surface area contributed by atoms with Crippen molar-refractivity contribution in [3.63, 3.8) is 0 Å². The Hall–Kier alpha value is -0.960. The van der Waals surface area contributed by atoms with Gasteiger partial charge in [0.05, 0.1) is 12.5 Å². The average molecular weight is 286 g/mol. The van der Waals surface area contributed by atoms with Crippen molar-refractivity contribution in [1.82, 2.24) is 4.98 Å². The summed E-state index contributed by atoms with van der Waals surface area (Å²) in [5, 5.41) is 0. The zero-order valence-corrected chi connectivity index (χ0v) is 12.5. The molecule has 1 heterocycles. The van der Waals surface area contributed by atoms with Gasteiger partial charge in [-0.3, -0.25) is 4.79 Å². The molecule has 1 aromatic heterocycles. The molecule has 19 heavy (non-hydrogen) atoms. The zero-order chi connectivity index (χ0) is 13.9. The van der Waals surface area contributed by atoms with Crippen molar-refractivity contribution >= 4 is 11.6 Å². The fourth-order valence-corrected chi connectivity index (χ4v) is 2.09. The lowest BCUT2D eigenvalue weighted by molar-refractivity contribution is 0.300. The second-order valence-corrected chi connectivity index (χ2v) is 5.06. The standard InChI is InChI=1S/C15H24ClNO2/c1-2-3-4-5-6-7-8-9-19-15-12-17-13(11-16)10-14(15)18/h10,12H,2-9,11H2,1H3,(H,17,18). The Morgan fingerprint density at radius 1 is 1.16 bits per heavy atom. The van der Waals surface area contributed by atoms with E-state index in [1.165, 1.54) is 44.6 Å². The van der Waals surface area contributed by atoms with Gasteiger partial charge in [-0.05, 0) is 6.42 Å².